The lowest BCUT2D eigenvalue weighted by atomic mass is 10.2. The molecular formula is C19H25ClN2O3. The zero-order valence-electron chi connectivity index (χ0n) is 14.5. The average Bonchev–Trinajstić information content (AvgIpc) is 2.64. The summed E-state index contributed by atoms with van der Waals surface area (Å²) in [5.74, 6) is 1.22. The summed E-state index contributed by atoms with van der Waals surface area (Å²) in [4.78, 5) is 12.3. The van der Waals surface area contributed by atoms with Crippen LogP contribution in [0.5, 0.6) is 11.5 Å². The van der Waals surface area contributed by atoms with E-state index in [1.165, 1.54) is 0 Å². The molecule has 0 aliphatic heterocycles. The number of carbonyl (C=O) groups is 1. The summed E-state index contributed by atoms with van der Waals surface area (Å²) in [6, 6.07) is 17.0. The minimum Gasteiger partial charge on any atom is -0.490 e. The molecule has 2 N–H and O–H groups in total. The predicted octanol–water partition coefficient (Wildman–Crippen LogP) is 2.90. The molecule has 0 heterocycles. The Bertz CT molecular complexity index is 638. The highest BCUT2D eigenvalue weighted by atomic mass is 35.5. The van der Waals surface area contributed by atoms with Gasteiger partial charge < -0.3 is 20.1 Å². The van der Waals surface area contributed by atoms with Crippen LogP contribution < -0.4 is 20.1 Å². The fourth-order valence-electron chi connectivity index (χ4n) is 2.05. The molecule has 0 bridgehead atoms. The lowest BCUT2D eigenvalue weighted by molar-refractivity contribution is 0.0945. The first-order chi connectivity index (χ1) is 11.7. The van der Waals surface area contributed by atoms with Crippen LogP contribution in [0.25, 0.3) is 0 Å². The van der Waals surface area contributed by atoms with Gasteiger partial charge in [-0.3, -0.25) is 4.79 Å². The van der Waals surface area contributed by atoms with Crippen LogP contribution in [0.1, 0.15) is 17.3 Å². The Morgan fingerprint density at radius 3 is 2.36 bits per heavy atom. The number of benzene rings is 2. The standard InChI is InChI=1S/C19H24N2O3.ClH/c1-15(20-2)14-21-19(22)17-10-6-7-11-18(17)24-13-12-23-16-8-4-3-5-9-16;/h3-11,15,20H,12-14H2,1-2H3,(H,21,22);1H. The van der Waals surface area contributed by atoms with Crippen LogP contribution >= 0.6 is 12.4 Å². The van der Waals surface area contributed by atoms with Crippen molar-refractivity contribution in [3.63, 3.8) is 0 Å². The summed E-state index contributed by atoms with van der Waals surface area (Å²) in [5.41, 5.74) is 0.528. The molecule has 0 radical (unpaired) electrons. The molecule has 2 rings (SSSR count). The summed E-state index contributed by atoms with van der Waals surface area (Å²) in [6.07, 6.45) is 0. The molecule has 0 aliphatic carbocycles. The monoisotopic (exact) mass is 364 g/mol. The maximum Gasteiger partial charge on any atom is 0.255 e. The summed E-state index contributed by atoms with van der Waals surface area (Å²) < 4.78 is 11.3. The van der Waals surface area contributed by atoms with E-state index in [0.29, 0.717) is 31.1 Å². The van der Waals surface area contributed by atoms with Gasteiger partial charge in [0.05, 0.1) is 5.56 Å². The fraction of sp³-hybridized carbons (Fsp3) is 0.316. The molecule has 25 heavy (non-hydrogen) atoms. The summed E-state index contributed by atoms with van der Waals surface area (Å²) in [6.45, 7) is 3.34. The Morgan fingerprint density at radius 1 is 1.00 bits per heavy atom. The van der Waals surface area contributed by atoms with Gasteiger partial charge in [-0.05, 0) is 38.2 Å². The third kappa shape index (κ3) is 7.03. The van der Waals surface area contributed by atoms with Gasteiger partial charge in [-0.2, -0.15) is 0 Å². The van der Waals surface area contributed by atoms with Crippen molar-refractivity contribution in [2.45, 2.75) is 13.0 Å². The number of amides is 1. The molecule has 1 atom stereocenters. The van der Waals surface area contributed by atoms with E-state index in [4.69, 9.17) is 9.47 Å². The smallest absolute Gasteiger partial charge is 0.255 e. The predicted molar refractivity (Wildman–Crippen MR) is 102 cm³/mol. The number of likely N-dealkylation sites (N-methyl/N-ethyl adjacent to an activating group) is 1. The largest absolute Gasteiger partial charge is 0.490 e. The van der Waals surface area contributed by atoms with Crippen LogP contribution in [-0.2, 0) is 0 Å². The molecule has 0 spiro atoms. The van der Waals surface area contributed by atoms with Crippen molar-refractivity contribution in [2.75, 3.05) is 26.8 Å². The molecule has 0 aliphatic rings. The Labute approximate surface area is 155 Å². The third-order valence-corrected chi connectivity index (χ3v) is 3.55. The molecule has 0 saturated heterocycles. The van der Waals surface area contributed by atoms with Crippen LogP contribution in [0.4, 0.5) is 0 Å². The molecule has 1 unspecified atom stereocenters. The Hall–Kier alpha value is -2.24. The van der Waals surface area contributed by atoms with Crippen LogP contribution in [-0.4, -0.2) is 38.8 Å². The van der Waals surface area contributed by atoms with Gasteiger partial charge in [0, 0.05) is 12.6 Å². The van der Waals surface area contributed by atoms with E-state index in [0.717, 1.165) is 5.75 Å². The molecule has 136 valence electrons. The van der Waals surface area contributed by atoms with E-state index in [1.807, 2.05) is 56.4 Å². The average molecular weight is 365 g/mol. The van der Waals surface area contributed by atoms with Crippen LogP contribution in [0, 0.1) is 0 Å². The van der Waals surface area contributed by atoms with Crippen molar-refractivity contribution in [2.24, 2.45) is 0 Å². The zero-order valence-corrected chi connectivity index (χ0v) is 15.3. The first-order valence-corrected chi connectivity index (χ1v) is 8.06. The molecule has 0 saturated carbocycles. The summed E-state index contributed by atoms with van der Waals surface area (Å²) in [5, 5.41) is 5.97. The second-order valence-corrected chi connectivity index (χ2v) is 5.41. The van der Waals surface area contributed by atoms with E-state index >= 15 is 0 Å². The molecule has 2 aromatic carbocycles. The van der Waals surface area contributed by atoms with E-state index in [2.05, 4.69) is 10.6 Å². The van der Waals surface area contributed by atoms with Gasteiger partial charge >= 0.3 is 0 Å². The van der Waals surface area contributed by atoms with E-state index in [1.54, 1.807) is 12.1 Å². The number of hydrogen-bond acceptors (Lipinski definition) is 4. The van der Waals surface area contributed by atoms with Gasteiger partial charge in [0.2, 0.25) is 0 Å². The number of para-hydroxylation sites is 2. The lowest BCUT2D eigenvalue weighted by Gasteiger charge is -2.14. The number of nitrogens with one attached hydrogen (secondary N) is 2. The minimum absolute atomic E-state index is 0. The number of carbonyl (C=O) groups excluding carboxylic acids is 1. The Kier molecular flexibility index (Phi) is 9.43. The van der Waals surface area contributed by atoms with Crippen LogP contribution in [0.2, 0.25) is 0 Å². The zero-order chi connectivity index (χ0) is 17.2. The van der Waals surface area contributed by atoms with Crippen molar-refractivity contribution in [1.82, 2.24) is 10.6 Å². The molecule has 2 aromatic rings. The quantitative estimate of drug-likeness (QED) is 0.672. The normalized spacial score (nSPS) is 11.1. The maximum atomic E-state index is 12.3. The SMILES string of the molecule is CNC(C)CNC(=O)c1ccccc1OCCOc1ccccc1.Cl. The molecule has 5 nitrogen and oxygen atoms in total. The maximum absolute atomic E-state index is 12.3. The van der Waals surface area contributed by atoms with Crippen molar-refractivity contribution >= 4 is 18.3 Å². The minimum atomic E-state index is -0.142. The van der Waals surface area contributed by atoms with E-state index in [9.17, 15) is 4.79 Å². The summed E-state index contributed by atoms with van der Waals surface area (Å²) in [7, 11) is 1.86. The van der Waals surface area contributed by atoms with Gasteiger partial charge in [0.25, 0.3) is 5.91 Å². The van der Waals surface area contributed by atoms with Gasteiger partial charge in [0.1, 0.15) is 24.7 Å². The van der Waals surface area contributed by atoms with Crippen LogP contribution in [0.3, 0.4) is 0 Å². The van der Waals surface area contributed by atoms with Gasteiger partial charge in [-0.15, -0.1) is 12.4 Å². The Morgan fingerprint density at radius 2 is 1.64 bits per heavy atom. The Balaban J connectivity index is 0.00000312. The molecule has 6 heteroatoms. The number of hydrogen-bond donors (Lipinski definition) is 2. The molecule has 0 fully saturated rings. The first-order valence-electron chi connectivity index (χ1n) is 8.06. The fourth-order valence-corrected chi connectivity index (χ4v) is 2.05. The first kappa shape index (κ1) is 20.8. The lowest BCUT2D eigenvalue weighted by Crippen LogP contribution is -2.37. The second kappa shape index (κ2) is 11.3. The highest BCUT2D eigenvalue weighted by Gasteiger charge is 2.12. The van der Waals surface area contributed by atoms with Crippen LogP contribution in [0.15, 0.2) is 54.6 Å². The van der Waals surface area contributed by atoms with Gasteiger partial charge in [-0.25, -0.2) is 0 Å². The van der Waals surface area contributed by atoms with Crippen molar-refractivity contribution in [3.05, 3.63) is 60.2 Å². The van der Waals surface area contributed by atoms with E-state index in [-0.39, 0.29) is 24.4 Å². The van der Waals surface area contributed by atoms with Gasteiger partial charge in [-0.1, -0.05) is 30.3 Å². The molecule has 1 amide bonds. The number of ether oxygens (including phenoxy) is 2. The van der Waals surface area contributed by atoms with E-state index < -0.39 is 0 Å². The highest BCUT2D eigenvalue weighted by Crippen LogP contribution is 2.18. The molecular weight excluding hydrogens is 340 g/mol. The summed E-state index contributed by atoms with van der Waals surface area (Å²) >= 11 is 0. The highest BCUT2D eigenvalue weighted by molar-refractivity contribution is 5.96. The van der Waals surface area contributed by atoms with Crippen molar-refractivity contribution in [1.29, 1.82) is 0 Å². The number of rotatable bonds is 9. The molecule has 0 aromatic heterocycles. The second-order valence-electron chi connectivity index (χ2n) is 5.41. The van der Waals surface area contributed by atoms with Gasteiger partial charge in [0.15, 0.2) is 0 Å². The third-order valence-electron chi connectivity index (χ3n) is 3.55. The number of halogens is 1. The van der Waals surface area contributed by atoms with Crippen molar-refractivity contribution < 1.29 is 14.3 Å². The van der Waals surface area contributed by atoms with Crippen molar-refractivity contribution in [3.8, 4) is 11.5 Å². The topological polar surface area (TPSA) is 59.6 Å².